The van der Waals surface area contributed by atoms with Gasteiger partial charge in [0.2, 0.25) is 0 Å². The molecule has 6 heteroatoms. The van der Waals surface area contributed by atoms with Gasteiger partial charge in [0.25, 0.3) is 5.91 Å². The van der Waals surface area contributed by atoms with Crippen molar-refractivity contribution in [2.24, 2.45) is 0 Å². The molecule has 0 aliphatic carbocycles. The number of anilines is 2. The minimum Gasteiger partial charge on any atom is -0.370 e. The molecule has 0 fully saturated rings. The van der Waals surface area contributed by atoms with Gasteiger partial charge >= 0.3 is 0 Å². The molecule has 2 N–H and O–H groups in total. The van der Waals surface area contributed by atoms with Crippen LogP contribution < -0.4 is 10.6 Å². The SMILES string of the molecule is CCCCNc1cc(C(=O)Nc2ccc(F)cc2)ncn1. The van der Waals surface area contributed by atoms with Crippen molar-refractivity contribution in [2.45, 2.75) is 19.8 Å². The number of unbranched alkanes of at least 4 members (excludes halogenated alkanes) is 1. The van der Waals surface area contributed by atoms with Crippen molar-refractivity contribution in [2.75, 3.05) is 17.2 Å². The maximum Gasteiger partial charge on any atom is 0.274 e. The second kappa shape index (κ2) is 7.33. The minimum absolute atomic E-state index is 0.258. The van der Waals surface area contributed by atoms with Crippen LogP contribution in [0.15, 0.2) is 36.7 Å². The Morgan fingerprint density at radius 2 is 2.00 bits per heavy atom. The van der Waals surface area contributed by atoms with Crippen molar-refractivity contribution < 1.29 is 9.18 Å². The van der Waals surface area contributed by atoms with Gasteiger partial charge in [-0.05, 0) is 30.7 Å². The number of aromatic nitrogens is 2. The maximum absolute atomic E-state index is 12.8. The normalized spacial score (nSPS) is 10.2. The summed E-state index contributed by atoms with van der Waals surface area (Å²) in [6, 6.07) is 7.15. The van der Waals surface area contributed by atoms with E-state index in [1.165, 1.54) is 30.6 Å². The average molecular weight is 288 g/mol. The first kappa shape index (κ1) is 14.9. The lowest BCUT2D eigenvalue weighted by atomic mass is 10.3. The van der Waals surface area contributed by atoms with Gasteiger partial charge in [0.05, 0.1) is 0 Å². The highest BCUT2D eigenvalue weighted by Gasteiger charge is 2.09. The van der Waals surface area contributed by atoms with E-state index >= 15 is 0 Å². The van der Waals surface area contributed by atoms with E-state index in [4.69, 9.17) is 0 Å². The van der Waals surface area contributed by atoms with E-state index in [-0.39, 0.29) is 17.4 Å². The second-order valence-corrected chi connectivity index (χ2v) is 4.53. The topological polar surface area (TPSA) is 66.9 Å². The molecule has 110 valence electrons. The van der Waals surface area contributed by atoms with E-state index in [0.29, 0.717) is 11.5 Å². The lowest BCUT2D eigenvalue weighted by Crippen LogP contribution is -2.14. The Labute approximate surface area is 122 Å². The van der Waals surface area contributed by atoms with Gasteiger partial charge < -0.3 is 10.6 Å². The quantitative estimate of drug-likeness (QED) is 0.802. The van der Waals surface area contributed by atoms with E-state index in [2.05, 4.69) is 27.5 Å². The van der Waals surface area contributed by atoms with Gasteiger partial charge in [0, 0.05) is 18.3 Å². The van der Waals surface area contributed by atoms with Crippen molar-refractivity contribution in [1.82, 2.24) is 9.97 Å². The van der Waals surface area contributed by atoms with E-state index < -0.39 is 0 Å². The molecule has 5 nitrogen and oxygen atoms in total. The van der Waals surface area contributed by atoms with Crippen LogP contribution >= 0.6 is 0 Å². The first-order valence-corrected chi connectivity index (χ1v) is 6.82. The summed E-state index contributed by atoms with van der Waals surface area (Å²) in [6.07, 6.45) is 3.45. The fourth-order valence-corrected chi connectivity index (χ4v) is 1.70. The zero-order valence-corrected chi connectivity index (χ0v) is 11.8. The van der Waals surface area contributed by atoms with Crippen LogP contribution in [0.2, 0.25) is 0 Å². The largest absolute Gasteiger partial charge is 0.370 e. The molecule has 1 heterocycles. The van der Waals surface area contributed by atoms with Gasteiger partial charge in [-0.1, -0.05) is 13.3 Å². The molecular weight excluding hydrogens is 271 g/mol. The fourth-order valence-electron chi connectivity index (χ4n) is 1.70. The molecular formula is C15H17FN4O. The van der Waals surface area contributed by atoms with Crippen molar-refractivity contribution in [3.05, 3.63) is 48.2 Å². The Morgan fingerprint density at radius 3 is 2.71 bits per heavy atom. The molecule has 1 amide bonds. The van der Waals surface area contributed by atoms with Gasteiger partial charge in [-0.2, -0.15) is 0 Å². The highest BCUT2D eigenvalue weighted by atomic mass is 19.1. The number of carbonyl (C=O) groups is 1. The molecule has 0 atom stereocenters. The molecule has 2 rings (SSSR count). The third-order valence-corrected chi connectivity index (χ3v) is 2.84. The van der Waals surface area contributed by atoms with Gasteiger partial charge in [-0.3, -0.25) is 4.79 Å². The summed E-state index contributed by atoms with van der Waals surface area (Å²) in [7, 11) is 0. The van der Waals surface area contributed by atoms with Crippen molar-refractivity contribution in [3.8, 4) is 0 Å². The summed E-state index contributed by atoms with van der Waals surface area (Å²) in [5.74, 6) is -0.0947. The van der Waals surface area contributed by atoms with Crippen LogP contribution in [-0.2, 0) is 0 Å². The molecule has 0 spiro atoms. The molecule has 1 aromatic carbocycles. The monoisotopic (exact) mass is 288 g/mol. The number of benzene rings is 1. The molecule has 2 aromatic rings. The molecule has 0 bridgehead atoms. The van der Waals surface area contributed by atoms with Crippen LogP contribution in [0.5, 0.6) is 0 Å². The number of hydrogen-bond donors (Lipinski definition) is 2. The summed E-state index contributed by atoms with van der Waals surface area (Å²) in [6.45, 7) is 2.90. The predicted molar refractivity (Wildman–Crippen MR) is 79.8 cm³/mol. The predicted octanol–water partition coefficient (Wildman–Crippen LogP) is 3.08. The van der Waals surface area contributed by atoms with Gasteiger partial charge in [-0.15, -0.1) is 0 Å². The second-order valence-electron chi connectivity index (χ2n) is 4.53. The highest BCUT2D eigenvalue weighted by molar-refractivity contribution is 6.03. The fraction of sp³-hybridized carbons (Fsp3) is 0.267. The van der Waals surface area contributed by atoms with Crippen LogP contribution in [0.25, 0.3) is 0 Å². The molecule has 21 heavy (non-hydrogen) atoms. The molecule has 0 saturated heterocycles. The third kappa shape index (κ3) is 4.52. The summed E-state index contributed by atoms with van der Waals surface area (Å²) >= 11 is 0. The molecule has 1 aromatic heterocycles. The maximum atomic E-state index is 12.8. The van der Waals surface area contributed by atoms with E-state index in [1.54, 1.807) is 6.07 Å². The molecule has 0 unspecified atom stereocenters. The van der Waals surface area contributed by atoms with Crippen LogP contribution in [-0.4, -0.2) is 22.4 Å². The summed E-state index contributed by atoms with van der Waals surface area (Å²) in [4.78, 5) is 20.1. The molecule has 0 aliphatic rings. The van der Waals surface area contributed by atoms with Crippen LogP contribution in [0.1, 0.15) is 30.3 Å². The number of carbonyl (C=O) groups excluding carboxylic acids is 1. The Bertz CT molecular complexity index is 601. The number of halogens is 1. The smallest absolute Gasteiger partial charge is 0.274 e. The number of amides is 1. The first-order chi connectivity index (χ1) is 10.2. The summed E-state index contributed by atoms with van der Waals surface area (Å²) in [5.41, 5.74) is 0.772. The lowest BCUT2D eigenvalue weighted by molar-refractivity contribution is 0.102. The van der Waals surface area contributed by atoms with E-state index in [1.807, 2.05) is 0 Å². The average Bonchev–Trinajstić information content (AvgIpc) is 2.50. The van der Waals surface area contributed by atoms with E-state index in [9.17, 15) is 9.18 Å². The summed E-state index contributed by atoms with van der Waals surface area (Å²) in [5, 5.41) is 5.79. The van der Waals surface area contributed by atoms with Crippen molar-refractivity contribution in [1.29, 1.82) is 0 Å². The lowest BCUT2D eigenvalue weighted by Gasteiger charge is -2.07. The Morgan fingerprint density at radius 1 is 1.24 bits per heavy atom. The standard InChI is InChI=1S/C15H17FN4O/c1-2-3-8-17-14-9-13(18-10-19-14)15(21)20-12-6-4-11(16)5-7-12/h4-7,9-10H,2-3,8H2,1H3,(H,20,21)(H,17,18,19). The highest BCUT2D eigenvalue weighted by Crippen LogP contribution is 2.11. The Kier molecular flexibility index (Phi) is 5.20. The summed E-state index contributed by atoms with van der Waals surface area (Å²) < 4.78 is 12.8. The Hall–Kier alpha value is -2.50. The molecule has 0 radical (unpaired) electrons. The number of rotatable bonds is 6. The molecule has 0 aliphatic heterocycles. The first-order valence-electron chi connectivity index (χ1n) is 6.82. The third-order valence-electron chi connectivity index (χ3n) is 2.84. The number of nitrogens with zero attached hydrogens (tertiary/aromatic N) is 2. The van der Waals surface area contributed by atoms with E-state index in [0.717, 1.165) is 19.4 Å². The van der Waals surface area contributed by atoms with Gasteiger partial charge in [0.1, 0.15) is 23.7 Å². The number of nitrogens with one attached hydrogen (secondary N) is 2. The van der Waals surface area contributed by atoms with Gasteiger partial charge in [-0.25, -0.2) is 14.4 Å². The van der Waals surface area contributed by atoms with Crippen molar-refractivity contribution in [3.63, 3.8) is 0 Å². The van der Waals surface area contributed by atoms with Crippen LogP contribution in [0.3, 0.4) is 0 Å². The zero-order valence-electron chi connectivity index (χ0n) is 11.8. The molecule has 0 saturated carbocycles. The van der Waals surface area contributed by atoms with Crippen molar-refractivity contribution >= 4 is 17.4 Å². The van der Waals surface area contributed by atoms with Gasteiger partial charge in [0.15, 0.2) is 0 Å². The van der Waals surface area contributed by atoms with Crippen LogP contribution in [0.4, 0.5) is 15.9 Å². The van der Waals surface area contributed by atoms with Crippen LogP contribution in [0, 0.1) is 5.82 Å². The minimum atomic E-state index is -0.359. The number of hydrogen-bond acceptors (Lipinski definition) is 4. The Balaban J connectivity index is 2.01. The zero-order chi connectivity index (χ0) is 15.1.